The van der Waals surface area contributed by atoms with Crippen molar-refractivity contribution in [2.75, 3.05) is 0 Å². The molecule has 1 N–H and O–H groups in total. The molecule has 1 aromatic carbocycles. The molecule has 1 aliphatic rings. The summed E-state index contributed by atoms with van der Waals surface area (Å²) in [6, 6.07) is 4.74. The van der Waals surface area contributed by atoms with E-state index in [-0.39, 0.29) is 5.75 Å². The summed E-state index contributed by atoms with van der Waals surface area (Å²) in [6.07, 6.45) is 7.46. The first-order valence-electron chi connectivity index (χ1n) is 5.73. The van der Waals surface area contributed by atoms with Crippen molar-refractivity contribution in [3.63, 3.8) is 0 Å². The van der Waals surface area contributed by atoms with E-state index in [1.54, 1.807) is 0 Å². The average molecular weight is 208 g/mol. The van der Waals surface area contributed by atoms with Gasteiger partial charge in [0.1, 0.15) is 0 Å². The largest absolute Gasteiger partial charge is 0.505 e. The highest BCUT2D eigenvalue weighted by molar-refractivity contribution is 5.28. The van der Waals surface area contributed by atoms with Crippen LogP contribution in [0, 0.1) is 11.7 Å². The van der Waals surface area contributed by atoms with Gasteiger partial charge in [-0.25, -0.2) is 4.39 Å². The van der Waals surface area contributed by atoms with Gasteiger partial charge >= 0.3 is 0 Å². The van der Waals surface area contributed by atoms with E-state index in [2.05, 4.69) is 0 Å². The molecule has 0 spiro atoms. The minimum absolute atomic E-state index is 0.248. The summed E-state index contributed by atoms with van der Waals surface area (Å²) in [5.74, 6) is -0.0339. The van der Waals surface area contributed by atoms with Crippen LogP contribution in [0.1, 0.15) is 37.7 Å². The standard InChI is InChI=1S/C13H17FO/c14-12-9-11(6-7-13(12)15)8-10-4-2-1-3-5-10/h6-7,9-10,15H,1-5,8H2. The highest BCUT2D eigenvalue weighted by Crippen LogP contribution is 2.27. The van der Waals surface area contributed by atoms with Crippen LogP contribution in [-0.2, 0) is 6.42 Å². The molecule has 0 radical (unpaired) electrons. The first-order valence-corrected chi connectivity index (χ1v) is 5.73. The topological polar surface area (TPSA) is 20.2 Å². The molecule has 2 rings (SSSR count). The summed E-state index contributed by atoms with van der Waals surface area (Å²) in [6.45, 7) is 0. The van der Waals surface area contributed by atoms with Gasteiger partial charge in [-0.3, -0.25) is 0 Å². The number of rotatable bonds is 2. The first kappa shape index (κ1) is 10.5. The van der Waals surface area contributed by atoms with E-state index in [9.17, 15) is 4.39 Å². The van der Waals surface area contributed by atoms with Gasteiger partial charge in [-0.15, -0.1) is 0 Å². The second kappa shape index (κ2) is 4.65. The number of benzene rings is 1. The summed E-state index contributed by atoms with van der Waals surface area (Å²) >= 11 is 0. The van der Waals surface area contributed by atoms with Crippen LogP contribution in [0.4, 0.5) is 4.39 Å². The predicted molar refractivity (Wildman–Crippen MR) is 58.3 cm³/mol. The van der Waals surface area contributed by atoms with Crippen LogP contribution in [0.2, 0.25) is 0 Å². The average Bonchev–Trinajstić information content (AvgIpc) is 2.25. The van der Waals surface area contributed by atoms with E-state index in [4.69, 9.17) is 5.11 Å². The molecule has 0 atom stereocenters. The molecule has 0 saturated heterocycles. The summed E-state index contributed by atoms with van der Waals surface area (Å²) in [4.78, 5) is 0. The molecule has 0 heterocycles. The van der Waals surface area contributed by atoms with Gasteiger partial charge in [0.2, 0.25) is 0 Å². The third-order valence-corrected chi connectivity index (χ3v) is 3.26. The molecule has 0 bridgehead atoms. The fourth-order valence-corrected chi connectivity index (χ4v) is 2.40. The van der Waals surface area contributed by atoms with Crippen molar-refractivity contribution in [1.29, 1.82) is 0 Å². The van der Waals surface area contributed by atoms with Gasteiger partial charge in [0.05, 0.1) is 0 Å². The lowest BCUT2D eigenvalue weighted by Crippen LogP contribution is -2.09. The highest BCUT2D eigenvalue weighted by atomic mass is 19.1. The summed E-state index contributed by atoms with van der Waals surface area (Å²) in [7, 11) is 0. The Bertz CT molecular complexity index is 329. The number of hydrogen-bond donors (Lipinski definition) is 1. The zero-order valence-electron chi connectivity index (χ0n) is 8.88. The maximum Gasteiger partial charge on any atom is 0.165 e. The van der Waals surface area contributed by atoms with Crippen LogP contribution < -0.4 is 0 Å². The van der Waals surface area contributed by atoms with Gasteiger partial charge in [-0.1, -0.05) is 38.2 Å². The maximum atomic E-state index is 13.1. The first-order chi connectivity index (χ1) is 7.25. The van der Waals surface area contributed by atoms with Crippen molar-refractivity contribution in [3.05, 3.63) is 29.6 Å². The minimum Gasteiger partial charge on any atom is -0.505 e. The van der Waals surface area contributed by atoms with Gasteiger partial charge in [0.25, 0.3) is 0 Å². The number of phenolic OH excluding ortho intramolecular Hbond substituents is 1. The molecule has 0 amide bonds. The monoisotopic (exact) mass is 208 g/mol. The summed E-state index contributed by atoms with van der Waals surface area (Å²) in [5, 5.41) is 9.07. The van der Waals surface area contributed by atoms with Crippen LogP contribution >= 0.6 is 0 Å². The summed E-state index contributed by atoms with van der Waals surface area (Å²) < 4.78 is 13.1. The lowest BCUT2D eigenvalue weighted by atomic mass is 9.85. The van der Waals surface area contributed by atoms with Gasteiger partial charge in [0.15, 0.2) is 11.6 Å². The van der Waals surface area contributed by atoms with Gasteiger partial charge in [0, 0.05) is 0 Å². The fraction of sp³-hybridized carbons (Fsp3) is 0.538. The SMILES string of the molecule is Oc1ccc(CC2CCCCC2)cc1F. The quantitative estimate of drug-likeness (QED) is 0.786. The zero-order valence-corrected chi connectivity index (χ0v) is 8.88. The van der Waals surface area contributed by atoms with Crippen molar-refractivity contribution in [1.82, 2.24) is 0 Å². The van der Waals surface area contributed by atoms with Crippen molar-refractivity contribution in [3.8, 4) is 5.75 Å². The normalized spacial score (nSPS) is 17.9. The fourth-order valence-electron chi connectivity index (χ4n) is 2.40. The van der Waals surface area contributed by atoms with Crippen molar-refractivity contribution in [2.45, 2.75) is 38.5 Å². The highest BCUT2D eigenvalue weighted by Gasteiger charge is 2.14. The third kappa shape index (κ3) is 2.71. The van der Waals surface area contributed by atoms with Crippen molar-refractivity contribution < 1.29 is 9.50 Å². The molecular weight excluding hydrogens is 191 g/mol. The summed E-state index contributed by atoms with van der Waals surface area (Å²) in [5.41, 5.74) is 1.01. The van der Waals surface area contributed by atoms with E-state index >= 15 is 0 Å². The smallest absolute Gasteiger partial charge is 0.165 e. The molecule has 1 nitrogen and oxygen atoms in total. The Morgan fingerprint density at radius 1 is 1.20 bits per heavy atom. The van der Waals surface area contributed by atoms with Crippen LogP contribution in [0.15, 0.2) is 18.2 Å². The van der Waals surface area contributed by atoms with E-state index in [1.165, 1.54) is 44.2 Å². The second-order valence-electron chi connectivity index (χ2n) is 4.49. The third-order valence-electron chi connectivity index (χ3n) is 3.26. The maximum absolute atomic E-state index is 13.1. The zero-order chi connectivity index (χ0) is 10.7. The Morgan fingerprint density at radius 3 is 2.60 bits per heavy atom. The molecule has 82 valence electrons. The molecule has 1 fully saturated rings. The molecule has 1 aromatic rings. The Hall–Kier alpha value is -1.05. The van der Waals surface area contributed by atoms with Gasteiger partial charge in [-0.05, 0) is 30.0 Å². The van der Waals surface area contributed by atoms with Gasteiger partial charge in [-0.2, -0.15) is 0 Å². The van der Waals surface area contributed by atoms with E-state index in [0.717, 1.165) is 12.0 Å². The van der Waals surface area contributed by atoms with E-state index < -0.39 is 5.82 Å². The Labute approximate surface area is 89.9 Å². The number of phenols is 1. The Kier molecular flexibility index (Phi) is 3.24. The molecule has 1 saturated carbocycles. The lowest BCUT2D eigenvalue weighted by molar-refractivity contribution is 0.355. The molecule has 1 aliphatic carbocycles. The van der Waals surface area contributed by atoms with Crippen molar-refractivity contribution in [2.24, 2.45) is 5.92 Å². The number of hydrogen-bond acceptors (Lipinski definition) is 1. The Morgan fingerprint density at radius 2 is 1.93 bits per heavy atom. The molecule has 15 heavy (non-hydrogen) atoms. The van der Waals surface area contributed by atoms with E-state index in [1.807, 2.05) is 6.07 Å². The van der Waals surface area contributed by atoms with Crippen LogP contribution in [0.25, 0.3) is 0 Å². The van der Waals surface area contributed by atoms with Crippen LogP contribution in [0.3, 0.4) is 0 Å². The molecular formula is C13H17FO. The Balaban J connectivity index is 2.00. The lowest BCUT2D eigenvalue weighted by Gasteiger charge is -2.21. The molecule has 0 unspecified atom stereocenters. The predicted octanol–water partition coefficient (Wildman–Crippen LogP) is 3.65. The number of halogens is 1. The van der Waals surface area contributed by atoms with Gasteiger partial charge < -0.3 is 5.11 Å². The molecule has 0 aliphatic heterocycles. The van der Waals surface area contributed by atoms with Crippen molar-refractivity contribution >= 4 is 0 Å². The number of aromatic hydroxyl groups is 1. The van der Waals surface area contributed by atoms with Crippen LogP contribution in [0.5, 0.6) is 5.75 Å². The molecule has 0 aromatic heterocycles. The van der Waals surface area contributed by atoms with E-state index in [0.29, 0.717) is 5.92 Å². The second-order valence-corrected chi connectivity index (χ2v) is 4.49. The minimum atomic E-state index is -0.497. The van der Waals surface area contributed by atoms with Crippen LogP contribution in [-0.4, -0.2) is 5.11 Å². The molecule has 2 heteroatoms.